The molecular formula is C19H25ClN4O2. The molecule has 0 radical (unpaired) electrons. The second-order valence-corrected chi connectivity index (χ2v) is 7.58. The molecule has 3 N–H and O–H groups in total. The van der Waals surface area contributed by atoms with E-state index in [0.717, 1.165) is 30.8 Å². The van der Waals surface area contributed by atoms with E-state index in [1.54, 1.807) is 10.9 Å². The number of amides is 1. The fourth-order valence-electron chi connectivity index (χ4n) is 4.39. The quantitative estimate of drug-likeness (QED) is 0.862. The molecule has 2 heterocycles. The minimum absolute atomic E-state index is 0. The number of halogens is 1. The molecule has 1 saturated carbocycles. The zero-order valence-corrected chi connectivity index (χ0v) is 15.8. The molecule has 3 unspecified atom stereocenters. The molecule has 2 aromatic rings. The second-order valence-electron chi connectivity index (χ2n) is 7.58. The fourth-order valence-corrected chi connectivity index (χ4v) is 4.39. The number of carbonyl (C=O) groups excluding carboxylic acids is 1. The highest BCUT2D eigenvalue weighted by molar-refractivity contribution is 6.00. The van der Waals surface area contributed by atoms with Gasteiger partial charge in [0.1, 0.15) is 5.54 Å². The summed E-state index contributed by atoms with van der Waals surface area (Å²) in [6.07, 6.45) is 5.58. The Balaban J connectivity index is 0.00000196. The summed E-state index contributed by atoms with van der Waals surface area (Å²) in [5, 5.41) is 7.19. The van der Waals surface area contributed by atoms with Crippen molar-refractivity contribution in [1.29, 1.82) is 0 Å². The lowest BCUT2D eigenvalue weighted by atomic mass is 9.46. The molecule has 140 valence electrons. The lowest BCUT2D eigenvalue weighted by Gasteiger charge is -2.65. The zero-order valence-electron chi connectivity index (χ0n) is 15.0. The third kappa shape index (κ3) is 2.64. The molecule has 1 saturated heterocycles. The standard InChI is InChI=1S/C19H24N4O2.ClH/c1-18(2)16-15(5-3-12-25-16)19(18,20)17(24)22-13-6-8-14(9-7-13)23-11-4-10-21-23;/h4,6-11,15-16H,3,5,12,20H2,1-2H3,(H,22,24);1H. The van der Waals surface area contributed by atoms with Crippen LogP contribution in [0.15, 0.2) is 42.7 Å². The average Bonchev–Trinajstić information content (AvgIpc) is 3.16. The van der Waals surface area contributed by atoms with Crippen LogP contribution in [0, 0.1) is 11.3 Å². The number of nitrogens with one attached hydrogen (secondary N) is 1. The van der Waals surface area contributed by atoms with Gasteiger partial charge in [0, 0.05) is 36.0 Å². The van der Waals surface area contributed by atoms with Crippen molar-refractivity contribution in [2.75, 3.05) is 11.9 Å². The molecule has 0 bridgehead atoms. The summed E-state index contributed by atoms with van der Waals surface area (Å²) in [6, 6.07) is 9.46. The van der Waals surface area contributed by atoms with Gasteiger partial charge in [-0.05, 0) is 43.2 Å². The van der Waals surface area contributed by atoms with E-state index >= 15 is 0 Å². The summed E-state index contributed by atoms with van der Waals surface area (Å²) in [6.45, 7) is 4.82. The van der Waals surface area contributed by atoms with E-state index in [0.29, 0.717) is 0 Å². The molecule has 0 spiro atoms. The Bertz CT molecular complexity index is 775. The van der Waals surface area contributed by atoms with Crippen molar-refractivity contribution in [1.82, 2.24) is 9.78 Å². The van der Waals surface area contributed by atoms with Crippen LogP contribution in [0.1, 0.15) is 26.7 Å². The van der Waals surface area contributed by atoms with Crippen molar-refractivity contribution in [3.05, 3.63) is 42.7 Å². The summed E-state index contributed by atoms with van der Waals surface area (Å²) in [5.74, 6) is -0.0457. The second kappa shape index (κ2) is 6.68. The van der Waals surface area contributed by atoms with Crippen LogP contribution < -0.4 is 11.1 Å². The summed E-state index contributed by atoms with van der Waals surface area (Å²) in [5.41, 5.74) is 7.02. The van der Waals surface area contributed by atoms with E-state index < -0.39 is 5.54 Å². The van der Waals surface area contributed by atoms with Crippen LogP contribution >= 0.6 is 12.4 Å². The molecule has 1 aliphatic heterocycles. The first kappa shape index (κ1) is 18.9. The van der Waals surface area contributed by atoms with E-state index in [-0.39, 0.29) is 35.8 Å². The molecule has 6 nitrogen and oxygen atoms in total. The molecule has 2 aliphatic rings. The zero-order chi connectivity index (χ0) is 17.7. The molecule has 4 rings (SSSR count). The number of hydrogen-bond donors (Lipinski definition) is 2. The van der Waals surface area contributed by atoms with Crippen LogP contribution in [-0.4, -0.2) is 33.9 Å². The number of fused-ring (bicyclic) bond motifs is 1. The highest BCUT2D eigenvalue weighted by atomic mass is 35.5. The van der Waals surface area contributed by atoms with E-state index in [1.807, 2.05) is 50.4 Å². The third-order valence-corrected chi connectivity index (χ3v) is 5.95. The van der Waals surface area contributed by atoms with Gasteiger partial charge >= 0.3 is 0 Å². The lowest BCUT2D eigenvalue weighted by molar-refractivity contribution is -0.222. The van der Waals surface area contributed by atoms with E-state index in [9.17, 15) is 4.79 Å². The third-order valence-electron chi connectivity index (χ3n) is 5.95. The van der Waals surface area contributed by atoms with Gasteiger partial charge in [-0.1, -0.05) is 13.8 Å². The number of ether oxygens (including phenoxy) is 1. The van der Waals surface area contributed by atoms with Crippen molar-refractivity contribution >= 4 is 24.0 Å². The molecule has 3 atom stereocenters. The summed E-state index contributed by atoms with van der Waals surface area (Å²) in [4.78, 5) is 13.0. The van der Waals surface area contributed by atoms with Crippen molar-refractivity contribution in [3.63, 3.8) is 0 Å². The average molecular weight is 377 g/mol. The first-order valence-corrected chi connectivity index (χ1v) is 8.76. The lowest BCUT2D eigenvalue weighted by Crippen LogP contribution is -2.81. The Hall–Kier alpha value is -1.89. The maximum absolute atomic E-state index is 13.0. The van der Waals surface area contributed by atoms with E-state index in [1.165, 1.54) is 0 Å². The predicted octanol–water partition coefficient (Wildman–Crippen LogP) is 2.77. The molecule has 1 aliphatic carbocycles. The van der Waals surface area contributed by atoms with Gasteiger partial charge in [0.05, 0.1) is 11.8 Å². The van der Waals surface area contributed by atoms with E-state index in [2.05, 4.69) is 10.4 Å². The van der Waals surface area contributed by atoms with Gasteiger partial charge in [-0.25, -0.2) is 4.68 Å². The maximum Gasteiger partial charge on any atom is 0.245 e. The van der Waals surface area contributed by atoms with Gasteiger partial charge in [-0.3, -0.25) is 4.79 Å². The maximum atomic E-state index is 13.0. The van der Waals surface area contributed by atoms with Crippen molar-refractivity contribution < 1.29 is 9.53 Å². The number of anilines is 1. The molecule has 7 heteroatoms. The smallest absolute Gasteiger partial charge is 0.245 e. The predicted molar refractivity (Wildman–Crippen MR) is 103 cm³/mol. The SMILES string of the molecule is CC1(C)C2OCCCC2C1(N)C(=O)Nc1ccc(-n2cccn2)cc1.Cl. The molecule has 1 amide bonds. The van der Waals surface area contributed by atoms with Gasteiger partial charge in [0.2, 0.25) is 5.91 Å². The fraction of sp³-hybridized carbons (Fsp3) is 0.474. The number of hydrogen-bond acceptors (Lipinski definition) is 4. The van der Waals surface area contributed by atoms with Crippen molar-refractivity contribution in [2.45, 2.75) is 38.3 Å². The Morgan fingerprint density at radius 1 is 1.35 bits per heavy atom. The van der Waals surface area contributed by atoms with Crippen LogP contribution in [0.2, 0.25) is 0 Å². The Kier molecular flexibility index (Phi) is 4.86. The molecule has 1 aromatic carbocycles. The Labute approximate surface area is 159 Å². The highest BCUT2D eigenvalue weighted by Crippen LogP contribution is 2.57. The van der Waals surface area contributed by atoms with Crippen LogP contribution in [0.3, 0.4) is 0 Å². The number of nitrogens with two attached hydrogens (primary N) is 1. The number of carbonyl (C=O) groups is 1. The Morgan fingerprint density at radius 3 is 2.73 bits per heavy atom. The van der Waals surface area contributed by atoms with Gasteiger partial charge in [-0.2, -0.15) is 5.10 Å². The number of nitrogens with zero attached hydrogens (tertiary/aromatic N) is 2. The Morgan fingerprint density at radius 2 is 2.08 bits per heavy atom. The number of benzene rings is 1. The number of rotatable bonds is 3. The topological polar surface area (TPSA) is 82.2 Å². The summed E-state index contributed by atoms with van der Waals surface area (Å²) in [7, 11) is 0. The van der Waals surface area contributed by atoms with Crippen LogP contribution in [0.25, 0.3) is 5.69 Å². The first-order valence-electron chi connectivity index (χ1n) is 8.76. The van der Waals surface area contributed by atoms with Gasteiger partial charge in [0.15, 0.2) is 0 Å². The highest BCUT2D eigenvalue weighted by Gasteiger charge is 2.70. The van der Waals surface area contributed by atoms with Crippen LogP contribution in [0.5, 0.6) is 0 Å². The monoisotopic (exact) mass is 376 g/mol. The molecular weight excluding hydrogens is 352 g/mol. The van der Waals surface area contributed by atoms with Gasteiger partial charge in [0.25, 0.3) is 0 Å². The number of aromatic nitrogens is 2. The molecule has 1 aromatic heterocycles. The van der Waals surface area contributed by atoms with Gasteiger partial charge < -0.3 is 15.8 Å². The first-order chi connectivity index (χ1) is 11.9. The van der Waals surface area contributed by atoms with Gasteiger partial charge in [-0.15, -0.1) is 12.4 Å². The van der Waals surface area contributed by atoms with Crippen molar-refractivity contribution in [3.8, 4) is 5.69 Å². The minimum Gasteiger partial charge on any atom is -0.377 e. The molecule has 2 fully saturated rings. The normalized spacial score (nSPS) is 29.0. The summed E-state index contributed by atoms with van der Waals surface area (Å²) < 4.78 is 7.65. The molecule has 26 heavy (non-hydrogen) atoms. The van der Waals surface area contributed by atoms with Crippen molar-refractivity contribution in [2.24, 2.45) is 17.1 Å². The van der Waals surface area contributed by atoms with Crippen LogP contribution in [-0.2, 0) is 9.53 Å². The summed E-state index contributed by atoms with van der Waals surface area (Å²) >= 11 is 0. The largest absolute Gasteiger partial charge is 0.377 e. The van der Waals surface area contributed by atoms with Crippen LogP contribution in [0.4, 0.5) is 5.69 Å². The van der Waals surface area contributed by atoms with E-state index in [4.69, 9.17) is 10.5 Å². The minimum atomic E-state index is -0.904.